The molecule has 128 valence electrons. The second-order valence-corrected chi connectivity index (χ2v) is 5.81. The van der Waals surface area contributed by atoms with Crippen molar-refractivity contribution in [2.45, 2.75) is 6.54 Å². The standard InChI is InChI=1S/C18H17FN4O2/c1-22(2)17(24)11-23-9-8-16(21-23)20-18(25)15-5-3-4-12-10-13(19)6-7-14(12)15/h3-10H,11H2,1-2H3,(H,20,21,25). The first-order valence-electron chi connectivity index (χ1n) is 7.67. The van der Waals surface area contributed by atoms with Crippen LogP contribution >= 0.6 is 0 Å². The van der Waals surface area contributed by atoms with Crippen LogP contribution in [-0.4, -0.2) is 40.6 Å². The molecule has 2 aromatic carbocycles. The van der Waals surface area contributed by atoms with Gasteiger partial charge in [-0.2, -0.15) is 5.10 Å². The highest BCUT2D eigenvalue weighted by Gasteiger charge is 2.13. The highest BCUT2D eigenvalue weighted by Crippen LogP contribution is 2.21. The molecule has 3 aromatic rings. The molecule has 6 nitrogen and oxygen atoms in total. The van der Waals surface area contributed by atoms with E-state index in [1.54, 1.807) is 50.6 Å². The van der Waals surface area contributed by atoms with Crippen molar-refractivity contribution in [1.82, 2.24) is 14.7 Å². The van der Waals surface area contributed by atoms with Gasteiger partial charge >= 0.3 is 0 Å². The molecule has 1 N–H and O–H groups in total. The first-order valence-corrected chi connectivity index (χ1v) is 7.67. The fourth-order valence-corrected chi connectivity index (χ4v) is 2.43. The lowest BCUT2D eigenvalue weighted by molar-refractivity contribution is -0.129. The molecule has 0 fully saturated rings. The van der Waals surface area contributed by atoms with Gasteiger partial charge in [0.2, 0.25) is 5.91 Å². The number of nitrogens with zero attached hydrogens (tertiary/aromatic N) is 3. The lowest BCUT2D eigenvalue weighted by Crippen LogP contribution is -2.26. The van der Waals surface area contributed by atoms with Gasteiger partial charge in [0.15, 0.2) is 5.82 Å². The Bertz CT molecular complexity index is 949. The van der Waals surface area contributed by atoms with E-state index in [4.69, 9.17) is 0 Å². The number of carbonyl (C=O) groups excluding carboxylic acids is 2. The minimum Gasteiger partial charge on any atom is -0.347 e. The number of benzene rings is 2. The summed E-state index contributed by atoms with van der Waals surface area (Å²) in [5.74, 6) is -0.455. The van der Waals surface area contributed by atoms with E-state index >= 15 is 0 Å². The Morgan fingerprint density at radius 3 is 2.76 bits per heavy atom. The maximum absolute atomic E-state index is 13.3. The van der Waals surface area contributed by atoms with Crippen molar-refractivity contribution in [3.05, 3.63) is 60.0 Å². The Morgan fingerprint density at radius 2 is 2.00 bits per heavy atom. The van der Waals surface area contributed by atoms with E-state index in [0.717, 1.165) is 0 Å². The van der Waals surface area contributed by atoms with Crippen molar-refractivity contribution in [1.29, 1.82) is 0 Å². The highest BCUT2D eigenvalue weighted by atomic mass is 19.1. The molecule has 0 aliphatic rings. The summed E-state index contributed by atoms with van der Waals surface area (Å²) in [5, 5.41) is 8.17. The fourth-order valence-electron chi connectivity index (χ4n) is 2.43. The lowest BCUT2D eigenvalue weighted by Gasteiger charge is -2.09. The Hall–Kier alpha value is -3.22. The second kappa shape index (κ2) is 6.72. The Morgan fingerprint density at radius 1 is 1.20 bits per heavy atom. The predicted octanol–water partition coefficient (Wildman–Crippen LogP) is 2.52. The molecule has 0 atom stereocenters. The number of amides is 2. The van der Waals surface area contributed by atoms with Crippen molar-refractivity contribution in [3.63, 3.8) is 0 Å². The molecule has 0 aliphatic carbocycles. The molecule has 0 saturated heterocycles. The van der Waals surface area contributed by atoms with Crippen LogP contribution in [0.15, 0.2) is 48.7 Å². The number of rotatable bonds is 4. The third-order valence-electron chi connectivity index (χ3n) is 3.77. The Labute approximate surface area is 143 Å². The minimum atomic E-state index is -0.352. The number of halogens is 1. The number of aromatic nitrogens is 2. The van der Waals surface area contributed by atoms with E-state index < -0.39 is 0 Å². The zero-order chi connectivity index (χ0) is 18.0. The molecule has 1 aromatic heterocycles. The summed E-state index contributed by atoms with van der Waals surface area (Å²) in [6.07, 6.45) is 1.62. The van der Waals surface area contributed by atoms with Gasteiger partial charge < -0.3 is 10.2 Å². The van der Waals surface area contributed by atoms with Crippen molar-refractivity contribution in [3.8, 4) is 0 Å². The lowest BCUT2D eigenvalue weighted by atomic mass is 10.0. The molecule has 1 heterocycles. The van der Waals surface area contributed by atoms with Gasteiger partial charge in [-0.15, -0.1) is 0 Å². The normalized spacial score (nSPS) is 10.7. The van der Waals surface area contributed by atoms with Crippen LogP contribution in [0, 0.1) is 5.82 Å². The van der Waals surface area contributed by atoms with Crippen molar-refractivity contribution < 1.29 is 14.0 Å². The molecule has 0 saturated carbocycles. The van der Waals surface area contributed by atoms with Crippen molar-refractivity contribution >= 4 is 28.4 Å². The van der Waals surface area contributed by atoms with Gasteiger partial charge in [-0.1, -0.05) is 18.2 Å². The van der Waals surface area contributed by atoms with Crippen molar-refractivity contribution in [2.24, 2.45) is 0 Å². The summed E-state index contributed by atoms with van der Waals surface area (Å²) >= 11 is 0. The molecular weight excluding hydrogens is 323 g/mol. The third-order valence-corrected chi connectivity index (χ3v) is 3.77. The summed E-state index contributed by atoms with van der Waals surface area (Å²) in [4.78, 5) is 25.7. The second-order valence-electron chi connectivity index (χ2n) is 5.81. The summed E-state index contributed by atoms with van der Waals surface area (Å²) in [6, 6.07) is 11.0. The number of carbonyl (C=O) groups is 2. The highest BCUT2D eigenvalue weighted by molar-refractivity contribution is 6.12. The predicted molar refractivity (Wildman–Crippen MR) is 92.8 cm³/mol. The average molecular weight is 340 g/mol. The average Bonchev–Trinajstić information content (AvgIpc) is 3.00. The molecule has 0 radical (unpaired) electrons. The SMILES string of the molecule is CN(C)C(=O)Cn1ccc(NC(=O)c2cccc3cc(F)ccc23)n1. The maximum Gasteiger partial charge on any atom is 0.257 e. The van der Waals surface area contributed by atoms with Gasteiger partial charge in [0, 0.05) is 31.9 Å². The van der Waals surface area contributed by atoms with Crippen LogP contribution in [0.2, 0.25) is 0 Å². The number of hydrogen-bond donors (Lipinski definition) is 1. The summed E-state index contributed by atoms with van der Waals surface area (Å²) in [5.41, 5.74) is 0.427. The molecule has 7 heteroatoms. The largest absolute Gasteiger partial charge is 0.347 e. The molecule has 2 amide bonds. The van der Waals surface area contributed by atoms with Crippen LogP contribution in [0.4, 0.5) is 10.2 Å². The van der Waals surface area contributed by atoms with Crippen LogP contribution in [0.1, 0.15) is 10.4 Å². The van der Waals surface area contributed by atoms with Crippen LogP contribution < -0.4 is 5.32 Å². The first-order chi connectivity index (χ1) is 11.9. The van der Waals surface area contributed by atoms with E-state index in [-0.39, 0.29) is 24.2 Å². The molecule has 0 bridgehead atoms. The number of nitrogens with one attached hydrogen (secondary N) is 1. The van der Waals surface area contributed by atoms with Crippen LogP contribution in [0.3, 0.4) is 0 Å². The van der Waals surface area contributed by atoms with E-state index in [9.17, 15) is 14.0 Å². The monoisotopic (exact) mass is 340 g/mol. The van der Waals surface area contributed by atoms with Gasteiger partial charge in [-0.3, -0.25) is 14.3 Å². The maximum atomic E-state index is 13.3. The van der Waals surface area contributed by atoms with Gasteiger partial charge in [-0.05, 0) is 29.0 Å². The first kappa shape index (κ1) is 16.6. The molecule has 25 heavy (non-hydrogen) atoms. The van der Waals surface area contributed by atoms with E-state index in [0.29, 0.717) is 22.2 Å². The Balaban J connectivity index is 1.79. The van der Waals surface area contributed by atoms with Crippen LogP contribution in [0.5, 0.6) is 0 Å². The minimum absolute atomic E-state index is 0.0937. The number of likely N-dealkylation sites (N-methyl/N-ethyl adjacent to an activating group) is 1. The number of hydrogen-bond acceptors (Lipinski definition) is 3. The zero-order valence-corrected chi connectivity index (χ0v) is 13.9. The van der Waals surface area contributed by atoms with Gasteiger partial charge in [0.25, 0.3) is 5.91 Å². The molecule has 3 rings (SSSR count). The smallest absolute Gasteiger partial charge is 0.257 e. The molecule has 0 unspecified atom stereocenters. The molecular formula is C18H17FN4O2. The van der Waals surface area contributed by atoms with Gasteiger partial charge in [0.1, 0.15) is 12.4 Å². The Kier molecular flexibility index (Phi) is 4.47. The van der Waals surface area contributed by atoms with Gasteiger partial charge in [0.05, 0.1) is 0 Å². The van der Waals surface area contributed by atoms with E-state index in [1.807, 2.05) is 0 Å². The number of fused-ring (bicyclic) bond motifs is 1. The zero-order valence-electron chi connectivity index (χ0n) is 13.9. The summed E-state index contributed by atoms with van der Waals surface area (Å²) < 4.78 is 14.8. The van der Waals surface area contributed by atoms with E-state index in [2.05, 4.69) is 10.4 Å². The molecule has 0 spiro atoms. The third kappa shape index (κ3) is 3.65. The topological polar surface area (TPSA) is 67.2 Å². The number of anilines is 1. The molecule has 0 aliphatic heterocycles. The summed E-state index contributed by atoms with van der Waals surface area (Å²) in [6.45, 7) is 0.0937. The van der Waals surface area contributed by atoms with Gasteiger partial charge in [-0.25, -0.2) is 4.39 Å². The fraction of sp³-hybridized carbons (Fsp3) is 0.167. The quantitative estimate of drug-likeness (QED) is 0.793. The van der Waals surface area contributed by atoms with E-state index in [1.165, 1.54) is 21.7 Å². The van der Waals surface area contributed by atoms with Crippen molar-refractivity contribution in [2.75, 3.05) is 19.4 Å². The summed E-state index contributed by atoms with van der Waals surface area (Å²) in [7, 11) is 3.33. The van der Waals surface area contributed by atoms with Crippen LogP contribution in [-0.2, 0) is 11.3 Å². The van der Waals surface area contributed by atoms with Crippen LogP contribution in [0.25, 0.3) is 10.8 Å².